The van der Waals surface area contributed by atoms with Gasteiger partial charge in [-0.2, -0.15) is 0 Å². The molecular formula is C15H23N3O2. The van der Waals surface area contributed by atoms with E-state index in [1.807, 2.05) is 11.8 Å². The number of nitrogens with zero attached hydrogens (tertiary/aromatic N) is 2. The van der Waals surface area contributed by atoms with Crippen molar-refractivity contribution in [3.63, 3.8) is 0 Å². The molecule has 1 aliphatic rings. The van der Waals surface area contributed by atoms with Gasteiger partial charge in [0.05, 0.1) is 0 Å². The van der Waals surface area contributed by atoms with E-state index in [0.29, 0.717) is 6.04 Å². The normalized spacial score (nSPS) is 20.0. The van der Waals surface area contributed by atoms with Crippen LogP contribution in [0.5, 0.6) is 0 Å². The Hall–Kier alpha value is -1.62. The summed E-state index contributed by atoms with van der Waals surface area (Å²) >= 11 is 0. The summed E-state index contributed by atoms with van der Waals surface area (Å²) in [4.78, 5) is 31.3. The Labute approximate surface area is 119 Å². The van der Waals surface area contributed by atoms with Crippen LogP contribution in [0.4, 0.5) is 0 Å². The third kappa shape index (κ3) is 3.28. The van der Waals surface area contributed by atoms with Crippen molar-refractivity contribution >= 4 is 5.91 Å². The zero-order valence-electron chi connectivity index (χ0n) is 12.5. The molecule has 1 aliphatic heterocycles. The van der Waals surface area contributed by atoms with E-state index in [1.54, 1.807) is 0 Å². The molecule has 0 unspecified atom stereocenters. The number of carbonyl (C=O) groups is 1. The number of hydrogen-bond acceptors (Lipinski definition) is 3. The zero-order chi connectivity index (χ0) is 14.7. The Bertz CT molecular complexity index is 536. The highest BCUT2D eigenvalue weighted by molar-refractivity contribution is 5.93. The number of nitrogens with one attached hydrogen (secondary N) is 1. The molecule has 2 heterocycles. The largest absolute Gasteiger partial charge is 0.364 e. The molecule has 1 aromatic heterocycles. The minimum Gasteiger partial charge on any atom is -0.364 e. The molecule has 1 atom stereocenters. The maximum Gasteiger partial charge on any atom is 0.259 e. The minimum absolute atomic E-state index is 0.148. The number of aromatic nitrogens is 1. The van der Waals surface area contributed by atoms with Gasteiger partial charge in [-0.05, 0) is 40.3 Å². The third-order valence-electron chi connectivity index (χ3n) is 4.00. The Morgan fingerprint density at radius 2 is 2.10 bits per heavy atom. The second kappa shape index (κ2) is 6.22. The van der Waals surface area contributed by atoms with Gasteiger partial charge in [-0.15, -0.1) is 0 Å². The molecular weight excluding hydrogens is 254 g/mol. The van der Waals surface area contributed by atoms with Gasteiger partial charge in [0.2, 0.25) is 0 Å². The van der Waals surface area contributed by atoms with Crippen molar-refractivity contribution in [3.05, 3.63) is 33.7 Å². The smallest absolute Gasteiger partial charge is 0.259 e. The Kier molecular flexibility index (Phi) is 4.60. The van der Waals surface area contributed by atoms with Crippen LogP contribution >= 0.6 is 0 Å². The number of H-pyrrole nitrogens is 1. The van der Waals surface area contributed by atoms with E-state index >= 15 is 0 Å². The van der Waals surface area contributed by atoms with Gasteiger partial charge < -0.3 is 14.8 Å². The van der Waals surface area contributed by atoms with Crippen LogP contribution in [0.15, 0.2) is 17.1 Å². The van der Waals surface area contributed by atoms with Crippen molar-refractivity contribution in [1.82, 2.24) is 14.8 Å². The molecule has 20 heavy (non-hydrogen) atoms. The molecule has 0 aromatic carbocycles. The number of carbonyl (C=O) groups excluding carboxylic acids is 1. The molecule has 1 fully saturated rings. The zero-order valence-corrected chi connectivity index (χ0v) is 12.5. The topological polar surface area (TPSA) is 56.4 Å². The molecule has 0 radical (unpaired) electrons. The number of aromatic amines is 1. The molecule has 0 bridgehead atoms. The SMILES string of the molecule is Cc1cc(=O)c(C(=O)N2CCC[C@H](N(C)C)CC2)c[nH]1. The van der Waals surface area contributed by atoms with Gasteiger partial charge in [-0.3, -0.25) is 9.59 Å². The van der Waals surface area contributed by atoms with Gasteiger partial charge in [-0.1, -0.05) is 0 Å². The molecule has 5 nitrogen and oxygen atoms in total. The van der Waals surface area contributed by atoms with Crippen molar-refractivity contribution in [3.8, 4) is 0 Å². The van der Waals surface area contributed by atoms with Gasteiger partial charge in [0, 0.05) is 37.1 Å². The van der Waals surface area contributed by atoms with E-state index in [4.69, 9.17) is 0 Å². The number of pyridine rings is 1. The third-order valence-corrected chi connectivity index (χ3v) is 4.00. The lowest BCUT2D eigenvalue weighted by Gasteiger charge is -2.23. The van der Waals surface area contributed by atoms with Crippen molar-refractivity contribution in [2.24, 2.45) is 0 Å². The monoisotopic (exact) mass is 277 g/mol. The molecule has 1 aromatic rings. The maximum absolute atomic E-state index is 12.5. The average Bonchev–Trinajstić information content (AvgIpc) is 2.63. The summed E-state index contributed by atoms with van der Waals surface area (Å²) in [6, 6.07) is 2.00. The molecule has 2 rings (SSSR count). The summed E-state index contributed by atoms with van der Waals surface area (Å²) in [5.74, 6) is -0.148. The highest BCUT2D eigenvalue weighted by atomic mass is 16.2. The first-order valence-electron chi connectivity index (χ1n) is 7.14. The minimum atomic E-state index is -0.195. The second-order valence-electron chi connectivity index (χ2n) is 5.73. The fourth-order valence-electron chi connectivity index (χ4n) is 2.71. The van der Waals surface area contributed by atoms with Crippen molar-refractivity contribution < 1.29 is 4.79 Å². The highest BCUT2D eigenvalue weighted by Crippen LogP contribution is 2.16. The lowest BCUT2D eigenvalue weighted by molar-refractivity contribution is 0.0757. The predicted octanol–water partition coefficient (Wildman–Crippen LogP) is 1.24. The Morgan fingerprint density at radius 3 is 2.75 bits per heavy atom. The lowest BCUT2D eigenvalue weighted by Crippen LogP contribution is -2.36. The number of aryl methyl sites for hydroxylation is 1. The quantitative estimate of drug-likeness (QED) is 0.885. The van der Waals surface area contributed by atoms with Crippen LogP contribution in [-0.4, -0.2) is 53.9 Å². The average molecular weight is 277 g/mol. The summed E-state index contributed by atoms with van der Waals surface area (Å²) in [6.45, 7) is 3.26. The molecule has 1 saturated heterocycles. The van der Waals surface area contributed by atoms with Crippen LogP contribution in [0.25, 0.3) is 0 Å². The summed E-state index contributed by atoms with van der Waals surface area (Å²) in [7, 11) is 4.15. The maximum atomic E-state index is 12.5. The fraction of sp³-hybridized carbons (Fsp3) is 0.600. The van der Waals surface area contributed by atoms with E-state index in [2.05, 4.69) is 24.0 Å². The van der Waals surface area contributed by atoms with Gasteiger partial charge >= 0.3 is 0 Å². The first kappa shape index (κ1) is 14.8. The van der Waals surface area contributed by atoms with Crippen LogP contribution < -0.4 is 5.43 Å². The highest BCUT2D eigenvalue weighted by Gasteiger charge is 2.23. The van der Waals surface area contributed by atoms with Crippen LogP contribution in [0.2, 0.25) is 0 Å². The van der Waals surface area contributed by atoms with Crippen molar-refractivity contribution in [2.75, 3.05) is 27.2 Å². The number of amides is 1. The number of likely N-dealkylation sites (tertiary alicyclic amines) is 1. The predicted molar refractivity (Wildman–Crippen MR) is 79.0 cm³/mol. The summed E-state index contributed by atoms with van der Waals surface area (Å²) < 4.78 is 0. The van der Waals surface area contributed by atoms with Gasteiger partial charge in [0.25, 0.3) is 5.91 Å². The molecule has 5 heteroatoms. The lowest BCUT2D eigenvalue weighted by atomic mass is 10.1. The number of hydrogen-bond donors (Lipinski definition) is 1. The van der Waals surface area contributed by atoms with E-state index in [1.165, 1.54) is 12.3 Å². The fourth-order valence-corrected chi connectivity index (χ4v) is 2.71. The van der Waals surface area contributed by atoms with Crippen LogP contribution in [0.1, 0.15) is 35.3 Å². The first-order valence-corrected chi connectivity index (χ1v) is 7.14. The summed E-state index contributed by atoms with van der Waals surface area (Å²) in [6.07, 6.45) is 4.58. The summed E-state index contributed by atoms with van der Waals surface area (Å²) in [5, 5.41) is 0. The molecule has 1 amide bonds. The Balaban J connectivity index is 2.11. The molecule has 110 valence electrons. The van der Waals surface area contributed by atoms with Crippen LogP contribution in [-0.2, 0) is 0 Å². The summed E-state index contributed by atoms with van der Waals surface area (Å²) in [5.41, 5.74) is 0.827. The second-order valence-corrected chi connectivity index (χ2v) is 5.73. The van der Waals surface area contributed by atoms with E-state index in [0.717, 1.165) is 38.0 Å². The first-order chi connectivity index (χ1) is 9.49. The van der Waals surface area contributed by atoms with E-state index in [-0.39, 0.29) is 16.9 Å². The van der Waals surface area contributed by atoms with Crippen LogP contribution in [0, 0.1) is 6.92 Å². The van der Waals surface area contributed by atoms with Crippen molar-refractivity contribution in [2.45, 2.75) is 32.2 Å². The van der Waals surface area contributed by atoms with Gasteiger partial charge in [-0.25, -0.2) is 0 Å². The molecule has 1 N–H and O–H groups in total. The number of rotatable bonds is 2. The molecule has 0 aliphatic carbocycles. The van der Waals surface area contributed by atoms with Gasteiger partial charge in [0.1, 0.15) is 5.56 Å². The Morgan fingerprint density at radius 1 is 1.35 bits per heavy atom. The molecule has 0 spiro atoms. The standard InChI is InChI=1S/C15H23N3O2/c1-11-9-14(19)13(10-16-11)15(20)18-7-4-5-12(6-8-18)17(2)3/h9-10,12H,4-8H2,1-3H3,(H,16,19)/t12-/m0/s1. The van der Waals surface area contributed by atoms with Crippen molar-refractivity contribution in [1.29, 1.82) is 0 Å². The van der Waals surface area contributed by atoms with E-state index in [9.17, 15) is 9.59 Å². The van der Waals surface area contributed by atoms with E-state index < -0.39 is 0 Å². The molecule has 0 saturated carbocycles. The van der Waals surface area contributed by atoms with Gasteiger partial charge in [0.15, 0.2) is 5.43 Å². The van der Waals surface area contributed by atoms with Crippen LogP contribution in [0.3, 0.4) is 0 Å².